The fourth-order valence-corrected chi connectivity index (χ4v) is 3.43. The number of likely N-dealkylation sites (N-methyl/N-ethyl adjacent to an activating group) is 2. The van der Waals surface area contributed by atoms with Crippen molar-refractivity contribution in [2.75, 3.05) is 26.7 Å². The van der Waals surface area contributed by atoms with Gasteiger partial charge in [-0.1, -0.05) is 12.1 Å². The van der Waals surface area contributed by atoms with Crippen molar-refractivity contribution in [3.63, 3.8) is 0 Å². The number of hydrogen-bond donors (Lipinski definition) is 2. The lowest BCUT2D eigenvalue weighted by molar-refractivity contribution is -0.138. The molecule has 2 amide bonds. The fraction of sp³-hybridized carbons (Fsp3) is 0.556. The second-order valence-electron chi connectivity index (χ2n) is 6.02. The Hall–Kier alpha value is -2.08. The van der Waals surface area contributed by atoms with E-state index in [0.717, 1.165) is 12.8 Å². The molecule has 6 nitrogen and oxygen atoms in total. The zero-order chi connectivity index (χ0) is 17.7. The van der Waals surface area contributed by atoms with Crippen LogP contribution in [0, 0.1) is 0 Å². The van der Waals surface area contributed by atoms with Gasteiger partial charge in [-0.3, -0.25) is 14.5 Å². The summed E-state index contributed by atoms with van der Waals surface area (Å²) in [6, 6.07) is 5.84. The summed E-state index contributed by atoms with van der Waals surface area (Å²) in [5, 5.41) is 12.5. The average Bonchev–Trinajstić information content (AvgIpc) is 3.05. The van der Waals surface area contributed by atoms with E-state index in [2.05, 4.69) is 5.32 Å². The van der Waals surface area contributed by atoms with Gasteiger partial charge in [-0.05, 0) is 44.4 Å². The summed E-state index contributed by atoms with van der Waals surface area (Å²) in [7, 11) is 1.59. The molecule has 1 saturated heterocycles. The number of amides is 2. The van der Waals surface area contributed by atoms with E-state index in [1.54, 1.807) is 25.2 Å². The van der Waals surface area contributed by atoms with Crippen molar-refractivity contribution in [1.29, 1.82) is 0 Å². The van der Waals surface area contributed by atoms with Crippen molar-refractivity contribution in [3.05, 3.63) is 29.8 Å². The first kappa shape index (κ1) is 18.3. The Kier molecular flexibility index (Phi) is 6.20. The molecule has 0 bridgehead atoms. The van der Waals surface area contributed by atoms with Gasteiger partial charge < -0.3 is 15.3 Å². The minimum atomic E-state index is -0.575. The van der Waals surface area contributed by atoms with E-state index >= 15 is 0 Å². The van der Waals surface area contributed by atoms with E-state index in [4.69, 9.17) is 0 Å². The van der Waals surface area contributed by atoms with Gasteiger partial charge in [0.1, 0.15) is 11.8 Å². The highest BCUT2D eigenvalue weighted by molar-refractivity contribution is 5.86. The molecule has 0 unspecified atom stereocenters. The van der Waals surface area contributed by atoms with Crippen LogP contribution in [0.2, 0.25) is 0 Å². The summed E-state index contributed by atoms with van der Waals surface area (Å²) in [6.07, 6.45) is 1.63. The number of phenols is 1. The third kappa shape index (κ3) is 3.70. The van der Waals surface area contributed by atoms with Crippen LogP contribution in [-0.2, 0) is 9.59 Å². The lowest BCUT2D eigenvalue weighted by Gasteiger charge is -2.34. The maximum atomic E-state index is 12.8. The number of likely N-dealkylation sites (tertiary alicyclic amines) is 1. The van der Waals surface area contributed by atoms with Gasteiger partial charge in [-0.25, -0.2) is 0 Å². The second kappa shape index (κ2) is 8.15. The van der Waals surface area contributed by atoms with Crippen LogP contribution in [0.1, 0.15) is 38.3 Å². The van der Waals surface area contributed by atoms with E-state index in [-0.39, 0.29) is 23.6 Å². The van der Waals surface area contributed by atoms with Crippen molar-refractivity contribution < 1.29 is 14.7 Å². The summed E-state index contributed by atoms with van der Waals surface area (Å²) in [5.74, 6) is 0.0265. The maximum Gasteiger partial charge on any atom is 0.241 e. The van der Waals surface area contributed by atoms with Crippen LogP contribution in [-0.4, -0.2) is 59.4 Å². The summed E-state index contributed by atoms with van der Waals surface area (Å²) < 4.78 is 0. The highest BCUT2D eigenvalue weighted by atomic mass is 16.3. The standard InChI is InChI=1S/C18H27N3O3/c1-4-20(5-2)18(24)15-10-7-11-21(15)16(17(23)19-3)13-8-6-9-14(22)12-13/h6,8-9,12,15-16,22H,4-5,7,10-11H2,1-3H3,(H,19,23)/t15-,16+/m0/s1. The summed E-state index contributed by atoms with van der Waals surface area (Å²) >= 11 is 0. The Morgan fingerprint density at radius 2 is 2.08 bits per heavy atom. The van der Waals surface area contributed by atoms with E-state index < -0.39 is 6.04 Å². The van der Waals surface area contributed by atoms with Gasteiger partial charge >= 0.3 is 0 Å². The fourth-order valence-electron chi connectivity index (χ4n) is 3.43. The molecular formula is C18H27N3O3. The number of carbonyl (C=O) groups excluding carboxylic acids is 2. The molecule has 1 aliphatic heterocycles. The van der Waals surface area contributed by atoms with Gasteiger partial charge in [0.25, 0.3) is 0 Å². The Balaban J connectivity index is 2.34. The number of benzene rings is 1. The van der Waals surface area contributed by atoms with Crippen LogP contribution >= 0.6 is 0 Å². The Morgan fingerprint density at radius 3 is 2.67 bits per heavy atom. The quantitative estimate of drug-likeness (QED) is 0.828. The molecule has 24 heavy (non-hydrogen) atoms. The molecule has 1 aromatic carbocycles. The molecule has 2 N–H and O–H groups in total. The van der Waals surface area contributed by atoms with Crippen LogP contribution in [0.4, 0.5) is 0 Å². The Bertz CT molecular complexity index is 587. The number of carbonyl (C=O) groups is 2. The van der Waals surface area contributed by atoms with E-state index in [9.17, 15) is 14.7 Å². The van der Waals surface area contributed by atoms with Crippen molar-refractivity contribution in [3.8, 4) is 5.75 Å². The van der Waals surface area contributed by atoms with E-state index in [0.29, 0.717) is 25.2 Å². The molecule has 0 aromatic heterocycles. The average molecular weight is 333 g/mol. The third-order valence-electron chi connectivity index (χ3n) is 4.67. The normalized spacial score (nSPS) is 19.0. The number of nitrogens with one attached hydrogen (secondary N) is 1. The minimum Gasteiger partial charge on any atom is -0.508 e. The maximum absolute atomic E-state index is 12.8. The molecule has 0 saturated carbocycles. The molecule has 6 heteroatoms. The molecular weight excluding hydrogens is 306 g/mol. The highest BCUT2D eigenvalue weighted by Gasteiger charge is 2.40. The first-order chi connectivity index (χ1) is 11.5. The van der Waals surface area contributed by atoms with Crippen LogP contribution in [0.15, 0.2) is 24.3 Å². The third-order valence-corrected chi connectivity index (χ3v) is 4.67. The molecule has 1 fully saturated rings. The van der Waals surface area contributed by atoms with Crippen LogP contribution in [0.25, 0.3) is 0 Å². The smallest absolute Gasteiger partial charge is 0.241 e. The number of phenolic OH excluding ortho intramolecular Hbond substituents is 1. The van der Waals surface area contributed by atoms with Crippen molar-refractivity contribution in [2.45, 2.75) is 38.8 Å². The van der Waals surface area contributed by atoms with Gasteiger partial charge in [0.05, 0.1) is 6.04 Å². The SMILES string of the molecule is CCN(CC)C(=O)[C@@H]1CCCN1[C@@H](C(=O)NC)c1cccc(O)c1. The molecule has 0 spiro atoms. The first-order valence-corrected chi connectivity index (χ1v) is 8.58. The van der Waals surface area contributed by atoms with Crippen LogP contribution < -0.4 is 5.32 Å². The Morgan fingerprint density at radius 1 is 1.38 bits per heavy atom. The number of aromatic hydroxyl groups is 1. The lowest BCUT2D eigenvalue weighted by atomic mass is 10.0. The van der Waals surface area contributed by atoms with Gasteiger partial charge in [0, 0.05) is 26.7 Å². The van der Waals surface area contributed by atoms with Gasteiger partial charge in [0.15, 0.2) is 0 Å². The topological polar surface area (TPSA) is 72.9 Å². The monoisotopic (exact) mass is 333 g/mol. The molecule has 1 heterocycles. The summed E-state index contributed by atoms with van der Waals surface area (Å²) in [5.41, 5.74) is 0.702. The van der Waals surface area contributed by atoms with Crippen molar-refractivity contribution >= 4 is 11.8 Å². The van der Waals surface area contributed by atoms with Gasteiger partial charge in [-0.2, -0.15) is 0 Å². The summed E-state index contributed by atoms with van der Waals surface area (Å²) in [4.78, 5) is 29.1. The molecule has 1 aliphatic rings. The molecule has 2 rings (SSSR count). The molecule has 132 valence electrons. The summed E-state index contributed by atoms with van der Waals surface area (Å²) in [6.45, 7) is 5.94. The predicted molar refractivity (Wildman–Crippen MR) is 92.6 cm³/mol. The van der Waals surface area contributed by atoms with E-state index in [1.165, 1.54) is 0 Å². The zero-order valence-electron chi connectivity index (χ0n) is 14.7. The highest BCUT2D eigenvalue weighted by Crippen LogP contribution is 2.32. The number of nitrogens with zero attached hydrogens (tertiary/aromatic N) is 2. The molecule has 2 atom stereocenters. The first-order valence-electron chi connectivity index (χ1n) is 8.58. The van der Waals surface area contributed by atoms with Crippen LogP contribution in [0.5, 0.6) is 5.75 Å². The van der Waals surface area contributed by atoms with Crippen molar-refractivity contribution in [2.24, 2.45) is 0 Å². The molecule has 0 aliphatic carbocycles. The number of rotatable bonds is 6. The zero-order valence-corrected chi connectivity index (χ0v) is 14.7. The lowest BCUT2D eigenvalue weighted by Crippen LogP contribution is -2.49. The van der Waals surface area contributed by atoms with Gasteiger partial charge in [0.2, 0.25) is 11.8 Å². The van der Waals surface area contributed by atoms with Crippen LogP contribution in [0.3, 0.4) is 0 Å². The molecule has 0 radical (unpaired) electrons. The largest absolute Gasteiger partial charge is 0.508 e. The Labute approximate surface area is 143 Å². The van der Waals surface area contributed by atoms with Gasteiger partial charge in [-0.15, -0.1) is 0 Å². The van der Waals surface area contributed by atoms with E-state index in [1.807, 2.05) is 29.7 Å². The molecule has 1 aromatic rings. The minimum absolute atomic E-state index is 0.0755. The number of hydrogen-bond acceptors (Lipinski definition) is 4. The second-order valence-corrected chi connectivity index (χ2v) is 6.02. The predicted octanol–water partition coefficient (Wildman–Crippen LogP) is 1.51. The van der Waals surface area contributed by atoms with Crippen molar-refractivity contribution in [1.82, 2.24) is 15.1 Å².